The van der Waals surface area contributed by atoms with Gasteiger partial charge < -0.3 is 24.7 Å². The molecule has 1 aromatic rings. The number of likely N-dealkylation sites (N-methyl/N-ethyl adjacent to an activating group) is 1. The van der Waals surface area contributed by atoms with Crippen LogP contribution >= 0.6 is 0 Å². The number of rotatable bonds is 5. The van der Waals surface area contributed by atoms with Gasteiger partial charge in [-0.2, -0.15) is 0 Å². The van der Waals surface area contributed by atoms with E-state index in [0.717, 1.165) is 31.9 Å². The summed E-state index contributed by atoms with van der Waals surface area (Å²) in [5.74, 6) is 0.740. The zero-order valence-electron chi connectivity index (χ0n) is 16.8. The van der Waals surface area contributed by atoms with Crippen LogP contribution in [-0.2, 0) is 4.43 Å². The number of hydrogen-bond donors (Lipinski definition) is 1. The van der Waals surface area contributed by atoms with Gasteiger partial charge >= 0.3 is 0 Å². The standard InChI is InChI=1S/C19H34N3O2Si/c1-19(2,3)18(24-25(6)7)14-12-15(20)17(23-5)13-16(14)22-10-8-21(4)9-11-22/h12-13,18H,8-11,20H2,1-7H3. The first kappa shape index (κ1) is 20.1. The number of piperazine rings is 1. The van der Waals surface area contributed by atoms with Crippen LogP contribution in [0.4, 0.5) is 11.4 Å². The third kappa shape index (κ3) is 4.89. The van der Waals surface area contributed by atoms with Gasteiger partial charge in [0.2, 0.25) is 9.04 Å². The molecule has 0 bridgehead atoms. The van der Waals surface area contributed by atoms with Crippen molar-refractivity contribution < 1.29 is 9.16 Å². The van der Waals surface area contributed by atoms with Crippen molar-refractivity contribution in [3.8, 4) is 5.75 Å². The van der Waals surface area contributed by atoms with E-state index in [1.807, 2.05) is 0 Å². The largest absolute Gasteiger partial charge is 0.495 e. The number of nitrogen functional groups attached to an aromatic ring is 1. The van der Waals surface area contributed by atoms with E-state index in [1.165, 1.54) is 11.3 Å². The van der Waals surface area contributed by atoms with Crippen LogP contribution in [0.3, 0.4) is 0 Å². The van der Waals surface area contributed by atoms with Crippen LogP contribution < -0.4 is 15.4 Å². The van der Waals surface area contributed by atoms with Crippen LogP contribution in [-0.4, -0.2) is 54.3 Å². The van der Waals surface area contributed by atoms with Crippen molar-refractivity contribution in [2.75, 3.05) is 51.0 Å². The molecule has 0 saturated carbocycles. The Kier molecular flexibility index (Phi) is 6.40. The summed E-state index contributed by atoms with van der Waals surface area (Å²) in [6.07, 6.45) is 0.0132. The number of ether oxygens (including phenoxy) is 1. The maximum atomic E-state index is 6.45. The van der Waals surface area contributed by atoms with Crippen LogP contribution in [0.1, 0.15) is 32.4 Å². The average Bonchev–Trinajstić information content (AvgIpc) is 2.52. The molecule has 1 unspecified atom stereocenters. The highest BCUT2D eigenvalue weighted by Gasteiger charge is 2.32. The van der Waals surface area contributed by atoms with Crippen molar-refractivity contribution in [1.29, 1.82) is 0 Å². The average molecular weight is 365 g/mol. The summed E-state index contributed by atoms with van der Waals surface area (Å²) in [6, 6.07) is 4.16. The van der Waals surface area contributed by atoms with Crippen LogP contribution in [0.5, 0.6) is 5.75 Å². The number of hydrogen-bond acceptors (Lipinski definition) is 5. The highest BCUT2D eigenvalue weighted by Crippen LogP contribution is 2.44. The summed E-state index contributed by atoms with van der Waals surface area (Å²) in [5.41, 5.74) is 9.31. The third-order valence-electron chi connectivity index (χ3n) is 4.65. The van der Waals surface area contributed by atoms with Gasteiger partial charge in [0.05, 0.1) is 18.9 Å². The molecule has 1 fully saturated rings. The van der Waals surface area contributed by atoms with E-state index >= 15 is 0 Å². The minimum absolute atomic E-state index is 0.00963. The zero-order chi connectivity index (χ0) is 18.8. The Morgan fingerprint density at radius 3 is 2.20 bits per heavy atom. The van der Waals surface area contributed by atoms with Gasteiger partial charge in [-0.1, -0.05) is 20.8 Å². The Bertz CT molecular complexity index is 579. The van der Waals surface area contributed by atoms with E-state index in [-0.39, 0.29) is 11.5 Å². The molecule has 2 rings (SSSR count). The Hall–Kier alpha value is -1.24. The Balaban J connectivity index is 2.51. The van der Waals surface area contributed by atoms with Crippen LogP contribution in [0.25, 0.3) is 0 Å². The third-order valence-corrected chi connectivity index (χ3v) is 5.35. The van der Waals surface area contributed by atoms with Gasteiger partial charge in [0, 0.05) is 43.5 Å². The molecule has 0 aromatic heterocycles. The SMILES string of the molecule is COc1cc(N2CCN(C)CC2)c(C(O[Si](C)C)C(C)(C)C)cc1N. The fraction of sp³-hybridized carbons (Fsp3) is 0.684. The van der Waals surface area contributed by atoms with E-state index in [2.05, 4.69) is 62.8 Å². The number of anilines is 2. The molecule has 2 N–H and O–H groups in total. The predicted octanol–water partition coefficient (Wildman–Crippen LogP) is 3.38. The lowest BCUT2D eigenvalue weighted by Crippen LogP contribution is -2.45. The second-order valence-electron chi connectivity index (χ2n) is 8.22. The quantitative estimate of drug-likeness (QED) is 0.641. The van der Waals surface area contributed by atoms with Crippen LogP contribution in [0, 0.1) is 5.41 Å². The van der Waals surface area contributed by atoms with Crippen molar-refractivity contribution in [1.82, 2.24) is 4.90 Å². The molecule has 25 heavy (non-hydrogen) atoms. The second-order valence-corrected chi connectivity index (χ2v) is 10.3. The molecule has 0 spiro atoms. The molecular formula is C19H34N3O2Si. The van der Waals surface area contributed by atoms with Crippen molar-refractivity contribution >= 4 is 20.4 Å². The normalized spacial score (nSPS) is 17.8. The van der Waals surface area contributed by atoms with E-state index in [0.29, 0.717) is 5.69 Å². The van der Waals surface area contributed by atoms with Crippen molar-refractivity contribution in [3.63, 3.8) is 0 Å². The van der Waals surface area contributed by atoms with E-state index in [9.17, 15) is 0 Å². The number of benzene rings is 1. The molecule has 5 nitrogen and oxygen atoms in total. The minimum Gasteiger partial charge on any atom is -0.495 e. The molecule has 141 valence electrons. The van der Waals surface area contributed by atoms with Crippen molar-refractivity contribution in [3.05, 3.63) is 17.7 Å². The monoisotopic (exact) mass is 364 g/mol. The van der Waals surface area contributed by atoms with E-state index < -0.39 is 9.04 Å². The fourth-order valence-electron chi connectivity index (χ4n) is 3.25. The van der Waals surface area contributed by atoms with Gasteiger partial charge in [-0.15, -0.1) is 0 Å². The number of methoxy groups -OCH3 is 1. The first-order valence-electron chi connectivity index (χ1n) is 9.01. The lowest BCUT2D eigenvalue weighted by molar-refractivity contribution is 0.0868. The Morgan fingerprint density at radius 2 is 1.72 bits per heavy atom. The molecule has 1 aromatic carbocycles. The zero-order valence-corrected chi connectivity index (χ0v) is 17.8. The van der Waals surface area contributed by atoms with Gasteiger partial charge in [-0.05, 0) is 31.6 Å². The number of nitrogens with two attached hydrogens (primary N) is 1. The number of nitrogens with zero attached hydrogens (tertiary/aromatic N) is 2. The van der Waals surface area contributed by atoms with Gasteiger partial charge in [0.1, 0.15) is 5.75 Å². The highest BCUT2D eigenvalue weighted by molar-refractivity contribution is 6.48. The van der Waals surface area contributed by atoms with E-state index in [1.54, 1.807) is 7.11 Å². The summed E-state index contributed by atoms with van der Waals surface area (Å²) >= 11 is 0. The topological polar surface area (TPSA) is 51.0 Å². The lowest BCUT2D eigenvalue weighted by atomic mass is 9.83. The molecule has 1 atom stereocenters. The summed E-state index contributed by atoms with van der Waals surface area (Å²) in [5, 5.41) is 0. The Morgan fingerprint density at radius 1 is 1.12 bits per heavy atom. The maximum absolute atomic E-state index is 6.45. The summed E-state index contributed by atoms with van der Waals surface area (Å²) < 4.78 is 12.0. The second kappa shape index (κ2) is 7.97. The summed E-state index contributed by atoms with van der Waals surface area (Å²) in [6.45, 7) is 15.2. The predicted molar refractivity (Wildman–Crippen MR) is 108 cm³/mol. The lowest BCUT2D eigenvalue weighted by Gasteiger charge is -2.39. The molecule has 0 aliphatic carbocycles. The summed E-state index contributed by atoms with van der Waals surface area (Å²) in [4.78, 5) is 4.80. The van der Waals surface area contributed by atoms with Gasteiger partial charge in [-0.25, -0.2) is 0 Å². The summed E-state index contributed by atoms with van der Waals surface area (Å²) in [7, 11) is 3.00. The van der Waals surface area contributed by atoms with Gasteiger partial charge in [0.25, 0.3) is 0 Å². The van der Waals surface area contributed by atoms with Crippen molar-refractivity contribution in [2.24, 2.45) is 5.41 Å². The highest BCUT2D eigenvalue weighted by atomic mass is 28.3. The molecule has 1 radical (unpaired) electrons. The molecule has 6 heteroatoms. The maximum Gasteiger partial charge on any atom is 0.205 e. The smallest absolute Gasteiger partial charge is 0.205 e. The molecular weight excluding hydrogens is 330 g/mol. The molecule has 1 saturated heterocycles. The van der Waals surface area contributed by atoms with E-state index in [4.69, 9.17) is 14.9 Å². The fourth-order valence-corrected chi connectivity index (χ4v) is 4.21. The van der Waals surface area contributed by atoms with Crippen LogP contribution in [0.15, 0.2) is 12.1 Å². The molecule has 1 aliphatic heterocycles. The first-order valence-corrected chi connectivity index (χ1v) is 11.4. The first-order chi connectivity index (χ1) is 11.6. The molecule has 0 amide bonds. The van der Waals surface area contributed by atoms with Gasteiger partial charge in [-0.3, -0.25) is 0 Å². The van der Waals surface area contributed by atoms with Crippen molar-refractivity contribution in [2.45, 2.75) is 40.0 Å². The minimum atomic E-state index is -0.845. The molecule has 1 aliphatic rings. The van der Waals surface area contributed by atoms with Crippen LogP contribution in [0.2, 0.25) is 13.1 Å². The van der Waals surface area contributed by atoms with Gasteiger partial charge in [0.15, 0.2) is 0 Å². The Labute approximate surface area is 154 Å². The molecule has 1 heterocycles.